The van der Waals surface area contributed by atoms with E-state index in [4.69, 9.17) is 5.73 Å². The first-order valence-corrected chi connectivity index (χ1v) is 8.34. The number of para-hydroxylation sites is 2. The number of nitrogens with zero attached hydrogens (tertiary/aromatic N) is 2. The maximum atomic E-state index is 13.0. The summed E-state index contributed by atoms with van der Waals surface area (Å²) in [6.07, 6.45) is 2.54. The maximum absolute atomic E-state index is 13.0. The van der Waals surface area contributed by atoms with Crippen molar-refractivity contribution in [3.63, 3.8) is 0 Å². The minimum Gasteiger partial charge on any atom is -0.366 e. The molecule has 0 fully saturated rings. The molecule has 0 unspecified atom stereocenters. The fourth-order valence-corrected chi connectivity index (χ4v) is 3.74. The van der Waals surface area contributed by atoms with Crippen LogP contribution in [0.3, 0.4) is 0 Å². The maximum Gasteiger partial charge on any atom is 0.250 e. The minimum absolute atomic E-state index is 0.00854. The van der Waals surface area contributed by atoms with Crippen LogP contribution in [0, 0.1) is 0 Å². The summed E-state index contributed by atoms with van der Waals surface area (Å²) >= 11 is 0. The Balaban J connectivity index is 1.70. The summed E-state index contributed by atoms with van der Waals surface area (Å²) in [5.41, 5.74) is 8.94. The van der Waals surface area contributed by atoms with Crippen LogP contribution in [-0.4, -0.2) is 22.4 Å². The van der Waals surface area contributed by atoms with E-state index in [1.807, 2.05) is 51.9 Å². The van der Waals surface area contributed by atoms with Crippen LogP contribution in [0.25, 0.3) is 10.9 Å². The van der Waals surface area contributed by atoms with Crippen LogP contribution in [0.5, 0.6) is 0 Å². The third-order valence-corrected chi connectivity index (χ3v) is 4.84. The van der Waals surface area contributed by atoms with Gasteiger partial charge in [0.15, 0.2) is 0 Å². The zero-order valence-electron chi connectivity index (χ0n) is 14.0. The number of hydrogen-bond acceptors (Lipinski definition) is 2. The second-order valence-corrected chi connectivity index (χ2v) is 6.50. The fourth-order valence-electron chi connectivity index (χ4n) is 3.74. The summed E-state index contributed by atoms with van der Waals surface area (Å²) < 4.78 is 1.81. The van der Waals surface area contributed by atoms with Crippen molar-refractivity contribution in [1.29, 1.82) is 0 Å². The van der Waals surface area contributed by atoms with Gasteiger partial charge >= 0.3 is 0 Å². The van der Waals surface area contributed by atoms with Crippen molar-refractivity contribution >= 4 is 28.4 Å². The van der Waals surface area contributed by atoms with Crippen molar-refractivity contribution in [1.82, 2.24) is 4.57 Å². The van der Waals surface area contributed by atoms with E-state index in [1.165, 1.54) is 5.56 Å². The predicted molar refractivity (Wildman–Crippen MR) is 97.5 cm³/mol. The van der Waals surface area contributed by atoms with Gasteiger partial charge in [-0.3, -0.25) is 9.59 Å². The molecular weight excluding hydrogens is 314 g/mol. The van der Waals surface area contributed by atoms with Crippen molar-refractivity contribution in [2.24, 2.45) is 5.73 Å². The van der Waals surface area contributed by atoms with Gasteiger partial charge in [0.1, 0.15) is 6.54 Å². The molecule has 5 nitrogen and oxygen atoms in total. The molecule has 0 saturated heterocycles. The number of amides is 2. The van der Waals surface area contributed by atoms with Crippen molar-refractivity contribution in [3.05, 3.63) is 65.9 Å². The Labute approximate surface area is 145 Å². The number of carbonyl (C=O) groups is 2. The molecule has 0 bridgehead atoms. The number of primary amides is 1. The zero-order chi connectivity index (χ0) is 17.6. The highest BCUT2D eigenvalue weighted by Gasteiger charge is 2.30. The lowest BCUT2D eigenvalue weighted by Gasteiger charge is -2.23. The molecule has 5 heteroatoms. The Morgan fingerprint density at radius 3 is 2.64 bits per heavy atom. The summed E-state index contributed by atoms with van der Waals surface area (Å²) in [4.78, 5) is 26.6. The largest absolute Gasteiger partial charge is 0.366 e. The predicted octanol–water partition coefficient (Wildman–Crippen LogP) is 2.72. The molecule has 1 aliphatic rings. The van der Waals surface area contributed by atoms with Gasteiger partial charge in [-0.2, -0.15) is 0 Å². The summed E-state index contributed by atoms with van der Waals surface area (Å²) in [6.45, 7) is 2.23. The number of benzene rings is 2. The smallest absolute Gasteiger partial charge is 0.250 e. The molecule has 2 heterocycles. The van der Waals surface area contributed by atoms with E-state index in [1.54, 1.807) is 6.20 Å². The zero-order valence-corrected chi connectivity index (χ0v) is 14.0. The molecule has 0 aliphatic carbocycles. The number of hydrogen-bond donors (Lipinski definition) is 1. The molecule has 0 saturated carbocycles. The highest BCUT2D eigenvalue weighted by Crippen LogP contribution is 2.32. The first-order valence-electron chi connectivity index (χ1n) is 8.34. The highest BCUT2D eigenvalue weighted by atomic mass is 16.2. The molecule has 3 aromatic rings. The first kappa shape index (κ1) is 15.4. The quantitative estimate of drug-likeness (QED) is 0.801. The van der Waals surface area contributed by atoms with Crippen LogP contribution >= 0.6 is 0 Å². The molecular formula is C20H19N3O2. The van der Waals surface area contributed by atoms with E-state index in [2.05, 4.69) is 13.0 Å². The van der Waals surface area contributed by atoms with Gasteiger partial charge in [-0.05, 0) is 31.0 Å². The molecule has 1 aromatic heterocycles. The standard InChI is InChI=1S/C20H19N3O2/c1-13-10-14-6-2-4-8-17(14)23(13)19(24)12-22-11-16(20(21)25)15-7-3-5-9-18(15)22/h2-9,11,13H,10,12H2,1H3,(H2,21,25)/t13-/m0/s1. The van der Waals surface area contributed by atoms with E-state index in [0.29, 0.717) is 5.56 Å². The Morgan fingerprint density at radius 1 is 1.12 bits per heavy atom. The molecule has 126 valence electrons. The van der Waals surface area contributed by atoms with Crippen LogP contribution in [0.15, 0.2) is 54.7 Å². The monoisotopic (exact) mass is 333 g/mol. The van der Waals surface area contributed by atoms with Gasteiger partial charge in [0.2, 0.25) is 5.91 Å². The van der Waals surface area contributed by atoms with Crippen molar-refractivity contribution in [3.8, 4) is 0 Å². The minimum atomic E-state index is -0.484. The van der Waals surface area contributed by atoms with E-state index in [-0.39, 0.29) is 18.5 Å². The number of rotatable bonds is 3. The first-order chi connectivity index (χ1) is 12.1. The molecule has 1 atom stereocenters. The number of anilines is 1. The molecule has 25 heavy (non-hydrogen) atoms. The van der Waals surface area contributed by atoms with E-state index in [0.717, 1.165) is 23.0 Å². The van der Waals surface area contributed by atoms with Gasteiger partial charge in [0.05, 0.1) is 5.56 Å². The second-order valence-electron chi connectivity index (χ2n) is 6.50. The molecule has 0 spiro atoms. The lowest BCUT2D eigenvalue weighted by atomic mass is 10.1. The van der Waals surface area contributed by atoms with Crippen LogP contribution in [0.1, 0.15) is 22.8 Å². The number of nitrogens with two attached hydrogens (primary N) is 1. The van der Waals surface area contributed by atoms with Gasteiger partial charge < -0.3 is 15.2 Å². The summed E-state index contributed by atoms with van der Waals surface area (Å²) in [6, 6.07) is 15.6. The van der Waals surface area contributed by atoms with Gasteiger partial charge in [-0.15, -0.1) is 0 Å². The summed E-state index contributed by atoms with van der Waals surface area (Å²) in [5, 5.41) is 0.776. The van der Waals surface area contributed by atoms with Crippen LogP contribution < -0.4 is 10.6 Å². The van der Waals surface area contributed by atoms with Gasteiger partial charge in [0, 0.05) is 28.8 Å². The Morgan fingerprint density at radius 2 is 1.84 bits per heavy atom. The second kappa shape index (κ2) is 5.77. The third-order valence-electron chi connectivity index (χ3n) is 4.84. The number of fused-ring (bicyclic) bond motifs is 2. The lowest BCUT2D eigenvalue weighted by molar-refractivity contribution is -0.119. The van der Waals surface area contributed by atoms with E-state index >= 15 is 0 Å². The summed E-state index contributed by atoms with van der Waals surface area (Å²) in [5.74, 6) is -0.475. The Kier molecular flexibility index (Phi) is 3.57. The topological polar surface area (TPSA) is 68.3 Å². The van der Waals surface area contributed by atoms with Crippen LogP contribution in [0.2, 0.25) is 0 Å². The molecule has 4 rings (SSSR count). The number of aromatic nitrogens is 1. The highest BCUT2D eigenvalue weighted by molar-refractivity contribution is 6.07. The molecule has 2 aromatic carbocycles. The van der Waals surface area contributed by atoms with Gasteiger partial charge in [-0.25, -0.2) is 0 Å². The number of carbonyl (C=O) groups excluding carboxylic acids is 2. The van der Waals surface area contributed by atoms with E-state index in [9.17, 15) is 9.59 Å². The van der Waals surface area contributed by atoms with Crippen LogP contribution in [0.4, 0.5) is 5.69 Å². The van der Waals surface area contributed by atoms with Gasteiger partial charge in [0.25, 0.3) is 5.91 Å². The average Bonchev–Trinajstić information content (AvgIpc) is 3.12. The lowest BCUT2D eigenvalue weighted by Crippen LogP contribution is -2.38. The molecule has 2 N–H and O–H groups in total. The Bertz CT molecular complexity index is 990. The molecule has 2 amide bonds. The van der Waals surface area contributed by atoms with E-state index < -0.39 is 5.91 Å². The van der Waals surface area contributed by atoms with Crippen molar-refractivity contribution in [2.75, 3.05) is 4.90 Å². The third kappa shape index (κ3) is 2.48. The molecule has 1 aliphatic heterocycles. The fraction of sp³-hybridized carbons (Fsp3) is 0.200. The Hall–Kier alpha value is -3.08. The average molecular weight is 333 g/mol. The SMILES string of the molecule is C[C@H]1Cc2ccccc2N1C(=O)Cn1cc(C(N)=O)c2ccccc21. The summed E-state index contributed by atoms with van der Waals surface area (Å²) in [7, 11) is 0. The van der Waals surface area contributed by atoms with Crippen molar-refractivity contribution < 1.29 is 9.59 Å². The van der Waals surface area contributed by atoms with Crippen molar-refractivity contribution in [2.45, 2.75) is 25.9 Å². The van der Waals surface area contributed by atoms with Crippen LogP contribution in [-0.2, 0) is 17.8 Å². The normalized spacial score (nSPS) is 16.2. The molecule has 0 radical (unpaired) electrons. The van der Waals surface area contributed by atoms with Gasteiger partial charge in [-0.1, -0.05) is 36.4 Å².